The molecule has 7 heteroatoms. The molecule has 1 N–H and O–H groups in total. The summed E-state index contributed by atoms with van der Waals surface area (Å²) < 4.78 is 11.2. The highest BCUT2D eigenvalue weighted by molar-refractivity contribution is 6.46. The largest absolute Gasteiger partial charge is 0.507 e. The summed E-state index contributed by atoms with van der Waals surface area (Å²) in [5.41, 5.74) is 2.38. The molecule has 32 heavy (non-hydrogen) atoms. The number of rotatable bonds is 6. The third-order valence-corrected chi connectivity index (χ3v) is 5.75. The lowest BCUT2D eigenvalue weighted by Crippen LogP contribution is -2.32. The minimum Gasteiger partial charge on any atom is -0.507 e. The normalized spacial score (nSPS) is 19.6. The van der Waals surface area contributed by atoms with Gasteiger partial charge < -0.3 is 24.4 Å². The molecule has 2 aliphatic heterocycles. The summed E-state index contributed by atoms with van der Waals surface area (Å²) in [5, 5.41) is 11.2. The van der Waals surface area contributed by atoms with Crippen LogP contribution < -0.4 is 9.47 Å². The number of benzene rings is 2. The minimum atomic E-state index is -0.673. The van der Waals surface area contributed by atoms with E-state index >= 15 is 0 Å². The number of ether oxygens (including phenoxy) is 2. The van der Waals surface area contributed by atoms with Gasteiger partial charge in [-0.2, -0.15) is 0 Å². The maximum absolute atomic E-state index is 13.1. The number of Topliss-reactive ketones (excluding diaryl/α,β-unsaturated/α-hetero) is 1. The molecule has 0 radical (unpaired) electrons. The van der Waals surface area contributed by atoms with Gasteiger partial charge in [0.2, 0.25) is 0 Å². The van der Waals surface area contributed by atoms with Gasteiger partial charge in [-0.15, -0.1) is 0 Å². The van der Waals surface area contributed by atoms with Crippen LogP contribution in [0.2, 0.25) is 0 Å². The zero-order valence-corrected chi connectivity index (χ0v) is 18.6. The van der Waals surface area contributed by atoms with E-state index in [9.17, 15) is 14.7 Å². The summed E-state index contributed by atoms with van der Waals surface area (Å²) in [7, 11) is 3.93. The quantitative estimate of drug-likeness (QED) is 0.426. The monoisotopic (exact) mass is 436 g/mol. The second-order valence-corrected chi connectivity index (χ2v) is 8.42. The number of aryl methyl sites for hydroxylation is 1. The first-order valence-electron chi connectivity index (χ1n) is 10.8. The lowest BCUT2D eigenvalue weighted by atomic mass is 9.94. The maximum atomic E-state index is 13.1. The van der Waals surface area contributed by atoms with Crippen LogP contribution in [-0.4, -0.2) is 67.0 Å². The number of nitrogens with zero attached hydrogens (tertiary/aromatic N) is 2. The number of aliphatic hydroxyl groups is 1. The Hall–Kier alpha value is -3.32. The Kier molecular flexibility index (Phi) is 6.19. The number of carbonyl (C=O) groups excluding carboxylic acids is 2. The van der Waals surface area contributed by atoms with Gasteiger partial charge in [0.15, 0.2) is 11.5 Å². The fourth-order valence-corrected chi connectivity index (χ4v) is 4.11. The number of hydrogen-bond donors (Lipinski definition) is 1. The van der Waals surface area contributed by atoms with Crippen molar-refractivity contribution in [2.45, 2.75) is 19.4 Å². The molecule has 2 aromatic carbocycles. The summed E-state index contributed by atoms with van der Waals surface area (Å²) in [6.07, 6.45) is 0.715. The van der Waals surface area contributed by atoms with Crippen LogP contribution in [0.3, 0.4) is 0 Å². The van der Waals surface area contributed by atoms with E-state index in [1.807, 2.05) is 50.2 Å². The van der Waals surface area contributed by atoms with Crippen molar-refractivity contribution in [3.05, 3.63) is 64.7 Å². The lowest BCUT2D eigenvalue weighted by Gasteiger charge is -2.26. The highest BCUT2D eigenvalue weighted by Gasteiger charge is 2.45. The zero-order valence-electron chi connectivity index (χ0n) is 18.6. The van der Waals surface area contributed by atoms with Crippen molar-refractivity contribution in [3.8, 4) is 11.5 Å². The molecule has 1 saturated heterocycles. The molecule has 1 fully saturated rings. The van der Waals surface area contributed by atoms with Crippen molar-refractivity contribution >= 4 is 17.4 Å². The fraction of sp³-hybridized carbons (Fsp3) is 0.360. The molecule has 0 bridgehead atoms. The number of carbonyl (C=O) groups is 2. The van der Waals surface area contributed by atoms with Gasteiger partial charge in [0.05, 0.1) is 11.6 Å². The predicted octanol–water partition coefficient (Wildman–Crippen LogP) is 3.14. The Morgan fingerprint density at radius 1 is 1.06 bits per heavy atom. The first kappa shape index (κ1) is 21.9. The Labute approximate surface area is 187 Å². The first-order chi connectivity index (χ1) is 15.4. The second kappa shape index (κ2) is 9.04. The Balaban J connectivity index is 1.77. The van der Waals surface area contributed by atoms with E-state index in [0.29, 0.717) is 43.2 Å². The summed E-state index contributed by atoms with van der Waals surface area (Å²) in [6.45, 7) is 4.05. The molecule has 1 atom stereocenters. The fourth-order valence-electron chi connectivity index (χ4n) is 4.11. The van der Waals surface area contributed by atoms with Crippen LogP contribution in [0.25, 0.3) is 5.76 Å². The molecule has 0 spiro atoms. The number of fused-ring (bicyclic) bond motifs is 1. The Bertz CT molecular complexity index is 1060. The van der Waals surface area contributed by atoms with E-state index in [1.54, 1.807) is 23.1 Å². The topological polar surface area (TPSA) is 79.3 Å². The molecule has 168 valence electrons. The van der Waals surface area contributed by atoms with Gasteiger partial charge in [0.1, 0.15) is 19.0 Å². The van der Waals surface area contributed by atoms with Crippen LogP contribution in [0.5, 0.6) is 11.5 Å². The van der Waals surface area contributed by atoms with Crippen LogP contribution in [0.1, 0.15) is 29.2 Å². The molecular weight excluding hydrogens is 408 g/mol. The number of amides is 1. The van der Waals surface area contributed by atoms with Gasteiger partial charge in [0.25, 0.3) is 11.7 Å². The van der Waals surface area contributed by atoms with Crippen LogP contribution >= 0.6 is 0 Å². The molecule has 7 nitrogen and oxygen atoms in total. The molecule has 1 amide bonds. The van der Waals surface area contributed by atoms with Crippen molar-refractivity contribution in [2.24, 2.45) is 0 Å². The van der Waals surface area contributed by atoms with E-state index < -0.39 is 17.7 Å². The van der Waals surface area contributed by atoms with Crippen LogP contribution in [0, 0.1) is 6.92 Å². The third-order valence-electron chi connectivity index (χ3n) is 5.75. The SMILES string of the molecule is Cc1ccc(C2/C(=C(/O)c3ccc4c(c3)OCCO4)C(=O)C(=O)N2CCCN(C)C)cc1. The van der Waals surface area contributed by atoms with Crippen LogP contribution in [0.15, 0.2) is 48.0 Å². The summed E-state index contributed by atoms with van der Waals surface area (Å²) in [4.78, 5) is 29.7. The van der Waals surface area contributed by atoms with Crippen LogP contribution in [-0.2, 0) is 9.59 Å². The summed E-state index contributed by atoms with van der Waals surface area (Å²) in [6, 6.07) is 12.1. The highest BCUT2D eigenvalue weighted by Crippen LogP contribution is 2.41. The molecule has 2 aromatic rings. The molecule has 4 rings (SSSR count). The molecule has 1 unspecified atom stereocenters. The minimum absolute atomic E-state index is 0.0976. The first-order valence-corrected chi connectivity index (χ1v) is 10.8. The van der Waals surface area contributed by atoms with Gasteiger partial charge in [-0.1, -0.05) is 29.8 Å². The number of likely N-dealkylation sites (tertiary alicyclic amines) is 1. The number of hydrogen-bond acceptors (Lipinski definition) is 6. The van der Waals surface area contributed by atoms with Crippen molar-refractivity contribution in [2.75, 3.05) is 40.4 Å². The van der Waals surface area contributed by atoms with E-state index in [-0.39, 0.29) is 11.3 Å². The number of ketones is 1. The summed E-state index contributed by atoms with van der Waals surface area (Å²) >= 11 is 0. The molecular formula is C25H28N2O5. The Morgan fingerprint density at radius 2 is 1.75 bits per heavy atom. The van der Waals surface area contributed by atoms with Gasteiger partial charge in [-0.3, -0.25) is 9.59 Å². The maximum Gasteiger partial charge on any atom is 0.295 e. The molecule has 2 aliphatic rings. The smallest absolute Gasteiger partial charge is 0.295 e. The molecule has 0 aromatic heterocycles. The second-order valence-electron chi connectivity index (χ2n) is 8.42. The molecule has 0 aliphatic carbocycles. The zero-order chi connectivity index (χ0) is 22.8. The summed E-state index contributed by atoms with van der Waals surface area (Å²) in [5.74, 6) is -0.373. The predicted molar refractivity (Wildman–Crippen MR) is 121 cm³/mol. The molecule has 2 heterocycles. The molecule has 0 saturated carbocycles. The lowest BCUT2D eigenvalue weighted by molar-refractivity contribution is -0.139. The van der Waals surface area contributed by atoms with E-state index in [1.165, 1.54) is 0 Å². The third kappa shape index (κ3) is 4.21. The van der Waals surface area contributed by atoms with Crippen molar-refractivity contribution < 1.29 is 24.2 Å². The van der Waals surface area contributed by atoms with E-state index in [4.69, 9.17) is 9.47 Å². The average Bonchev–Trinajstić information content (AvgIpc) is 3.03. The van der Waals surface area contributed by atoms with Crippen LogP contribution in [0.4, 0.5) is 0 Å². The van der Waals surface area contributed by atoms with E-state index in [2.05, 4.69) is 0 Å². The van der Waals surface area contributed by atoms with Gasteiger partial charge >= 0.3 is 0 Å². The standard InChI is InChI=1S/C25H28N2O5/c1-16-5-7-17(8-6-16)22-21(24(29)25(30)27(22)12-4-11-26(2)3)23(28)18-9-10-19-20(15-18)32-14-13-31-19/h5-10,15,22,28H,4,11-14H2,1-3H3/b23-21-. The van der Waals surface area contributed by atoms with Crippen molar-refractivity contribution in [1.29, 1.82) is 0 Å². The van der Waals surface area contributed by atoms with Gasteiger partial charge in [-0.25, -0.2) is 0 Å². The van der Waals surface area contributed by atoms with Gasteiger partial charge in [0, 0.05) is 12.1 Å². The van der Waals surface area contributed by atoms with Crippen molar-refractivity contribution in [1.82, 2.24) is 9.80 Å². The van der Waals surface area contributed by atoms with E-state index in [0.717, 1.165) is 17.7 Å². The Morgan fingerprint density at radius 3 is 2.44 bits per heavy atom. The highest BCUT2D eigenvalue weighted by atomic mass is 16.6. The van der Waals surface area contributed by atoms with Gasteiger partial charge in [-0.05, 0) is 57.7 Å². The number of aliphatic hydroxyl groups excluding tert-OH is 1. The van der Waals surface area contributed by atoms with Crippen molar-refractivity contribution in [3.63, 3.8) is 0 Å². The average molecular weight is 437 g/mol.